The fourth-order valence-corrected chi connectivity index (χ4v) is 3.77. The summed E-state index contributed by atoms with van der Waals surface area (Å²) in [5.74, 6) is 1.09. The van der Waals surface area contributed by atoms with Crippen LogP contribution < -0.4 is 0 Å². The van der Waals surface area contributed by atoms with E-state index in [0.717, 1.165) is 38.5 Å². The molecule has 2 unspecified atom stereocenters. The molecule has 0 aromatic heterocycles. The molecule has 3 rings (SSSR count). The Labute approximate surface area is 139 Å². The molecule has 1 nitrogen and oxygen atoms in total. The van der Waals surface area contributed by atoms with Crippen LogP contribution >= 0.6 is 0 Å². The van der Waals surface area contributed by atoms with E-state index in [-0.39, 0.29) is 11.8 Å². The average molecular weight is 306 g/mol. The monoisotopic (exact) mass is 306 g/mol. The van der Waals surface area contributed by atoms with E-state index in [1.165, 1.54) is 17.5 Å². The van der Waals surface area contributed by atoms with Crippen molar-refractivity contribution in [3.8, 4) is 0 Å². The lowest BCUT2D eigenvalue weighted by molar-refractivity contribution is -0.129. The van der Waals surface area contributed by atoms with Gasteiger partial charge in [0, 0.05) is 11.8 Å². The van der Waals surface area contributed by atoms with Crippen molar-refractivity contribution in [3.63, 3.8) is 0 Å². The molecule has 1 saturated carbocycles. The molecular formula is C22H26O. The number of aryl methyl sites for hydroxylation is 2. The highest BCUT2D eigenvalue weighted by Gasteiger charge is 2.30. The van der Waals surface area contributed by atoms with Crippen molar-refractivity contribution in [1.29, 1.82) is 0 Å². The Morgan fingerprint density at radius 3 is 1.57 bits per heavy atom. The number of benzene rings is 2. The van der Waals surface area contributed by atoms with E-state index in [2.05, 4.69) is 60.7 Å². The zero-order valence-electron chi connectivity index (χ0n) is 13.8. The van der Waals surface area contributed by atoms with E-state index in [1.807, 2.05) is 0 Å². The minimum Gasteiger partial charge on any atom is -0.299 e. The number of hydrogen-bond donors (Lipinski definition) is 0. The third kappa shape index (κ3) is 4.54. The smallest absolute Gasteiger partial charge is 0.139 e. The first-order chi connectivity index (χ1) is 11.3. The van der Waals surface area contributed by atoms with Crippen molar-refractivity contribution in [2.24, 2.45) is 11.8 Å². The van der Waals surface area contributed by atoms with Gasteiger partial charge in [-0.3, -0.25) is 4.79 Å². The molecule has 0 spiro atoms. The van der Waals surface area contributed by atoms with Crippen LogP contribution in [0.5, 0.6) is 0 Å². The molecule has 0 N–H and O–H groups in total. The highest BCUT2D eigenvalue weighted by atomic mass is 16.1. The molecule has 23 heavy (non-hydrogen) atoms. The number of carbonyl (C=O) groups is 1. The average Bonchev–Trinajstić information content (AvgIpc) is 2.61. The van der Waals surface area contributed by atoms with Crippen molar-refractivity contribution < 1.29 is 4.79 Å². The minimum absolute atomic E-state index is 0.282. The van der Waals surface area contributed by atoms with Crippen LogP contribution in [0.15, 0.2) is 60.7 Å². The molecule has 1 heteroatoms. The maximum Gasteiger partial charge on any atom is 0.139 e. The minimum atomic E-state index is 0.282. The molecule has 1 fully saturated rings. The second kappa shape index (κ2) is 8.10. The Kier molecular flexibility index (Phi) is 5.63. The molecular weight excluding hydrogens is 280 g/mol. The molecule has 0 bridgehead atoms. The SMILES string of the molecule is O=C1C(CCc2ccccc2)CCCC1CCc1ccccc1. The molecule has 0 heterocycles. The fraction of sp³-hybridized carbons (Fsp3) is 0.409. The summed E-state index contributed by atoms with van der Waals surface area (Å²) in [6.45, 7) is 0. The predicted molar refractivity (Wildman–Crippen MR) is 95.4 cm³/mol. The highest BCUT2D eigenvalue weighted by Crippen LogP contribution is 2.31. The van der Waals surface area contributed by atoms with E-state index in [4.69, 9.17) is 0 Å². The number of ketones is 1. The molecule has 0 amide bonds. The zero-order valence-corrected chi connectivity index (χ0v) is 13.8. The first-order valence-corrected chi connectivity index (χ1v) is 8.94. The molecule has 2 atom stereocenters. The molecule has 1 aliphatic carbocycles. The van der Waals surface area contributed by atoms with Gasteiger partial charge >= 0.3 is 0 Å². The van der Waals surface area contributed by atoms with Gasteiger partial charge in [0.15, 0.2) is 0 Å². The van der Waals surface area contributed by atoms with Crippen molar-refractivity contribution in [3.05, 3.63) is 71.8 Å². The summed E-state index contributed by atoms with van der Waals surface area (Å²) in [7, 11) is 0. The molecule has 0 aliphatic heterocycles. The van der Waals surface area contributed by atoms with E-state index in [9.17, 15) is 4.79 Å². The summed E-state index contributed by atoms with van der Waals surface area (Å²) in [4.78, 5) is 12.8. The Morgan fingerprint density at radius 2 is 1.13 bits per heavy atom. The maximum atomic E-state index is 12.8. The third-order valence-electron chi connectivity index (χ3n) is 5.16. The Balaban J connectivity index is 1.51. The lowest BCUT2D eigenvalue weighted by Gasteiger charge is -2.28. The summed E-state index contributed by atoms with van der Waals surface area (Å²) in [5.41, 5.74) is 2.71. The molecule has 120 valence electrons. The van der Waals surface area contributed by atoms with Crippen LogP contribution in [0.2, 0.25) is 0 Å². The second-order valence-corrected chi connectivity index (χ2v) is 6.78. The van der Waals surface area contributed by atoms with E-state index in [1.54, 1.807) is 0 Å². The summed E-state index contributed by atoms with van der Waals surface area (Å²) in [5, 5.41) is 0. The quantitative estimate of drug-likeness (QED) is 0.713. The Bertz CT molecular complexity index is 549. The van der Waals surface area contributed by atoms with Gasteiger partial charge in [-0.15, -0.1) is 0 Å². The molecule has 0 saturated heterocycles. The first-order valence-electron chi connectivity index (χ1n) is 8.94. The molecule has 2 aromatic rings. The lowest BCUT2D eigenvalue weighted by Crippen LogP contribution is -2.29. The van der Waals surface area contributed by atoms with E-state index in [0.29, 0.717) is 5.78 Å². The van der Waals surface area contributed by atoms with Crippen LogP contribution in [0.25, 0.3) is 0 Å². The summed E-state index contributed by atoms with van der Waals surface area (Å²) < 4.78 is 0. The Morgan fingerprint density at radius 1 is 0.696 bits per heavy atom. The second-order valence-electron chi connectivity index (χ2n) is 6.78. The van der Waals surface area contributed by atoms with Crippen LogP contribution in [-0.2, 0) is 17.6 Å². The number of hydrogen-bond acceptors (Lipinski definition) is 1. The van der Waals surface area contributed by atoms with Crippen molar-refractivity contribution >= 4 is 5.78 Å². The van der Waals surface area contributed by atoms with Crippen molar-refractivity contribution in [2.45, 2.75) is 44.9 Å². The lowest BCUT2D eigenvalue weighted by atomic mass is 9.75. The number of Topliss-reactive ketones (excluding diaryl/α,β-unsaturated/α-hetero) is 1. The van der Waals surface area contributed by atoms with Gasteiger partial charge in [0.05, 0.1) is 0 Å². The topological polar surface area (TPSA) is 17.1 Å². The normalized spacial score (nSPS) is 21.3. The van der Waals surface area contributed by atoms with Crippen LogP contribution in [0.3, 0.4) is 0 Å². The van der Waals surface area contributed by atoms with Gasteiger partial charge < -0.3 is 0 Å². The standard InChI is InChI=1S/C22H26O/c23-22-20(16-14-18-8-3-1-4-9-18)12-7-13-21(22)17-15-19-10-5-2-6-11-19/h1-6,8-11,20-21H,7,12-17H2. The zero-order chi connectivity index (χ0) is 15.9. The number of rotatable bonds is 6. The first kappa shape index (κ1) is 16.0. The maximum absolute atomic E-state index is 12.8. The summed E-state index contributed by atoms with van der Waals surface area (Å²) >= 11 is 0. The van der Waals surface area contributed by atoms with E-state index < -0.39 is 0 Å². The molecule has 2 aromatic carbocycles. The predicted octanol–water partition coefficient (Wildman–Crippen LogP) is 5.24. The van der Waals surface area contributed by atoms with Gasteiger partial charge in [-0.25, -0.2) is 0 Å². The largest absolute Gasteiger partial charge is 0.299 e. The van der Waals surface area contributed by atoms with Gasteiger partial charge in [0.25, 0.3) is 0 Å². The van der Waals surface area contributed by atoms with Gasteiger partial charge in [0.2, 0.25) is 0 Å². The van der Waals surface area contributed by atoms with Crippen LogP contribution in [0.1, 0.15) is 43.2 Å². The van der Waals surface area contributed by atoms with Crippen LogP contribution in [0.4, 0.5) is 0 Å². The van der Waals surface area contributed by atoms with Crippen LogP contribution in [-0.4, -0.2) is 5.78 Å². The van der Waals surface area contributed by atoms with Crippen molar-refractivity contribution in [1.82, 2.24) is 0 Å². The summed E-state index contributed by atoms with van der Waals surface area (Å²) in [6, 6.07) is 21.1. The highest BCUT2D eigenvalue weighted by molar-refractivity contribution is 5.84. The van der Waals surface area contributed by atoms with Gasteiger partial charge in [0.1, 0.15) is 5.78 Å². The third-order valence-corrected chi connectivity index (χ3v) is 5.16. The van der Waals surface area contributed by atoms with Gasteiger partial charge in [-0.05, 0) is 49.7 Å². The van der Waals surface area contributed by atoms with Crippen LogP contribution in [0, 0.1) is 11.8 Å². The number of carbonyl (C=O) groups excluding carboxylic acids is 1. The Hall–Kier alpha value is -1.89. The fourth-order valence-electron chi connectivity index (χ4n) is 3.77. The summed E-state index contributed by atoms with van der Waals surface area (Å²) in [6.07, 6.45) is 7.49. The van der Waals surface area contributed by atoms with E-state index >= 15 is 0 Å². The van der Waals surface area contributed by atoms with Gasteiger partial charge in [-0.1, -0.05) is 67.1 Å². The molecule has 1 aliphatic rings. The van der Waals surface area contributed by atoms with Gasteiger partial charge in [-0.2, -0.15) is 0 Å². The van der Waals surface area contributed by atoms with Crippen molar-refractivity contribution in [2.75, 3.05) is 0 Å². The molecule has 0 radical (unpaired) electrons.